The Morgan fingerprint density at radius 2 is 1.42 bits per heavy atom. The van der Waals surface area contributed by atoms with Crippen LogP contribution in [0.4, 0.5) is 4.39 Å². The number of nitrogens with one attached hydrogen (secondary N) is 1. The molecule has 3 aromatic carbocycles. The molecule has 1 aliphatic rings. The van der Waals surface area contributed by atoms with E-state index in [1.54, 1.807) is 48.5 Å². The van der Waals surface area contributed by atoms with Crippen molar-refractivity contribution in [1.29, 1.82) is 0 Å². The average molecular weight is 448 g/mol. The van der Waals surface area contributed by atoms with Crippen LogP contribution < -0.4 is 15.8 Å². The number of hydrogen-bond acceptors (Lipinski definition) is 4. The minimum Gasteiger partial charge on any atom is -0.457 e. The summed E-state index contributed by atoms with van der Waals surface area (Å²) in [7, 11) is 0. The molecule has 0 saturated carbocycles. The number of likely N-dealkylation sites (tertiary alicyclic amines) is 1. The van der Waals surface area contributed by atoms with Crippen LogP contribution in [0.2, 0.25) is 0 Å². The van der Waals surface area contributed by atoms with Gasteiger partial charge in [0.25, 0.3) is 5.91 Å². The maximum Gasteiger partial charge on any atom is 0.251 e. The molecule has 4 rings (SSSR count). The van der Waals surface area contributed by atoms with Gasteiger partial charge in [-0.1, -0.05) is 12.1 Å². The van der Waals surface area contributed by atoms with E-state index in [9.17, 15) is 14.0 Å². The van der Waals surface area contributed by atoms with Gasteiger partial charge in [0.05, 0.1) is 0 Å². The summed E-state index contributed by atoms with van der Waals surface area (Å²) in [6, 6.07) is 20.2. The Kier molecular flexibility index (Phi) is 7.00. The number of primary amides is 1. The minimum absolute atomic E-state index is 0.107. The van der Waals surface area contributed by atoms with Gasteiger partial charge < -0.3 is 15.8 Å². The van der Waals surface area contributed by atoms with Crippen molar-refractivity contribution >= 4 is 11.8 Å². The first-order valence-electron chi connectivity index (χ1n) is 10.9. The number of rotatable bonds is 7. The molecule has 0 atom stereocenters. The molecule has 3 aromatic rings. The highest BCUT2D eigenvalue weighted by Gasteiger charge is 2.21. The Bertz CT molecular complexity index is 1090. The first-order valence-corrected chi connectivity index (χ1v) is 10.9. The van der Waals surface area contributed by atoms with Crippen molar-refractivity contribution in [2.45, 2.75) is 25.4 Å². The molecule has 0 aromatic heterocycles. The summed E-state index contributed by atoms with van der Waals surface area (Å²) in [4.78, 5) is 26.1. The maximum atomic E-state index is 13.1. The highest BCUT2D eigenvalue weighted by Crippen LogP contribution is 2.22. The molecule has 1 heterocycles. The summed E-state index contributed by atoms with van der Waals surface area (Å²) >= 11 is 0. The largest absolute Gasteiger partial charge is 0.457 e. The standard InChI is InChI=1S/C26H26FN3O3/c27-21-7-1-18(2-8-21)17-30-15-13-22(14-16-30)29-26(32)20-5-11-24(12-6-20)33-23-9-3-19(4-10-23)25(28)31/h1-12,22H,13-17H2,(H2,28,31)(H,29,32). The van der Waals surface area contributed by atoms with E-state index in [0.717, 1.165) is 38.0 Å². The highest BCUT2D eigenvalue weighted by molar-refractivity contribution is 5.94. The molecular weight excluding hydrogens is 421 g/mol. The monoisotopic (exact) mass is 447 g/mol. The Morgan fingerprint density at radius 3 is 1.97 bits per heavy atom. The number of nitrogens with two attached hydrogens (primary N) is 1. The molecule has 170 valence electrons. The fourth-order valence-electron chi connectivity index (χ4n) is 3.85. The lowest BCUT2D eigenvalue weighted by Gasteiger charge is -2.32. The molecule has 3 N–H and O–H groups in total. The fraction of sp³-hybridized carbons (Fsp3) is 0.231. The van der Waals surface area contributed by atoms with Crippen molar-refractivity contribution in [2.24, 2.45) is 5.73 Å². The molecule has 0 unspecified atom stereocenters. The van der Waals surface area contributed by atoms with Crippen molar-refractivity contribution in [1.82, 2.24) is 10.2 Å². The maximum absolute atomic E-state index is 13.1. The van der Waals surface area contributed by atoms with Crippen molar-refractivity contribution in [3.63, 3.8) is 0 Å². The third kappa shape index (κ3) is 6.17. The van der Waals surface area contributed by atoms with E-state index >= 15 is 0 Å². The van der Waals surface area contributed by atoms with E-state index < -0.39 is 5.91 Å². The van der Waals surface area contributed by atoms with E-state index in [0.29, 0.717) is 22.6 Å². The lowest BCUT2D eigenvalue weighted by Crippen LogP contribution is -2.44. The SMILES string of the molecule is NC(=O)c1ccc(Oc2ccc(C(=O)NC3CCN(Cc4ccc(F)cc4)CC3)cc2)cc1. The molecule has 0 spiro atoms. The van der Waals surface area contributed by atoms with E-state index in [2.05, 4.69) is 10.2 Å². The number of carbonyl (C=O) groups excluding carboxylic acids is 2. The topological polar surface area (TPSA) is 84.7 Å². The van der Waals surface area contributed by atoms with E-state index in [1.807, 2.05) is 12.1 Å². The third-order valence-electron chi connectivity index (χ3n) is 5.73. The van der Waals surface area contributed by atoms with Gasteiger partial charge in [0.1, 0.15) is 17.3 Å². The van der Waals surface area contributed by atoms with Crippen LogP contribution in [0.5, 0.6) is 11.5 Å². The number of amides is 2. The van der Waals surface area contributed by atoms with Gasteiger partial charge in [0.15, 0.2) is 0 Å². The number of piperidine rings is 1. The molecule has 0 bridgehead atoms. The van der Waals surface area contributed by atoms with Crippen molar-refractivity contribution in [3.8, 4) is 11.5 Å². The van der Waals surface area contributed by atoms with Crippen LogP contribution in [0.1, 0.15) is 39.1 Å². The van der Waals surface area contributed by atoms with Crippen molar-refractivity contribution < 1.29 is 18.7 Å². The van der Waals surface area contributed by atoms with Crippen LogP contribution >= 0.6 is 0 Å². The second-order valence-electron chi connectivity index (χ2n) is 8.17. The zero-order valence-electron chi connectivity index (χ0n) is 18.2. The summed E-state index contributed by atoms with van der Waals surface area (Å²) in [6.45, 7) is 2.54. The van der Waals surface area contributed by atoms with Crippen molar-refractivity contribution in [3.05, 3.63) is 95.3 Å². The highest BCUT2D eigenvalue weighted by atomic mass is 19.1. The summed E-state index contributed by atoms with van der Waals surface area (Å²) < 4.78 is 18.8. The van der Waals surface area contributed by atoms with Gasteiger partial charge in [-0.15, -0.1) is 0 Å². The zero-order valence-corrected chi connectivity index (χ0v) is 18.2. The minimum atomic E-state index is -0.490. The number of benzene rings is 3. The normalized spacial score (nSPS) is 14.6. The number of halogens is 1. The average Bonchev–Trinajstić information content (AvgIpc) is 2.82. The van der Waals surface area contributed by atoms with Crippen molar-refractivity contribution in [2.75, 3.05) is 13.1 Å². The second kappa shape index (κ2) is 10.3. The lowest BCUT2D eigenvalue weighted by atomic mass is 10.0. The number of hydrogen-bond donors (Lipinski definition) is 2. The first kappa shape index (κ1) is 22.5. The van der Waals surface area contributed by atoms with Crippen LogP contribution in [0.15, 0.2) is 72.8 Å². The fourth-order valence-corrected chi connectivity index (χ4v) is 3.85. The molecular formula is C26H26FN3O3. The number of nitrogens with zero attached hydrogens (tertiary/aromatic N) is 1. The first-order chi connectivity index (χ1) is 16.0. The second-order valence-corrected chi connectivity index (χ2v) is 8.17. The quantitative estimate of drug-likeness (QED) is 0.571. The number of carbonyl (C=O) groups is 2. The summed E-state index contributed by atoms with van der Waals surface area (Å²) in [5.41, 5.74) is 7.31. The molecule has 7 heteroatoms. The summed E-state index contributed by atoms with van der Waals surface area (Å²) in [5, 5.41) is 3.11. The molecule has 33 heavy (non-hydrogen) atoms. The van der Waals surface area contributed by atoms with Crippen LogP contribution in [-0.2, 0) is 6.54 Å². The van der Waals surface area contributed by atoms with Crippen LogP contribution in [-0.4, -0.2) is 35.8 Å². The molecule has 0 aliphatic carbocycles. The van der Waals surface area contributed by atoms with Gasteiger partial charge in [-0.2, -0.15) is 0 Å². The molecule has 0 radical (unpaired) electrons. The number of ether oxygens (including phenoxy) is 1. The predicted octanol–water partition coefficient (Wildman–Crippen LogP) is 4.11. The Labute approximate surface area is 192 Å². The van der Waals surface area contributed by atoms with Gasteiger partial charge >= 0.3 is 0 Å². The molecule has 1 saturated heterocycles. The molecule has 6 nitrogen and oxygen atoms in total. The molecule has 1 fully saturated rings. The smallest absolute Gasteiger partial charge is 0.251 e. The van der Waals surface area contributed by atoms with E-state index in [-0.39, 0.29) is 17.8 Å². The third-order valence-corrected chi connectivity index (χ3v) is 5.73. The van der Waals surface area contributed by atoms with E-state index in [4.69, 9.17) is 10.5 Å². The van der Waals surface area contributed by atoms with Gasteiger partial charge in [-0.3, -0.25) is 14.5 Å². The molecule has 2 amide bonds. The van der Waals surface area contributed by atoms with Crippen LogP contribution in [0.25, 0.3) is 0 Å². The predicted molar refractivity (Wildman–Crippen MR) is 124 cm³/mol. The van der Waals surface area contributed by atoms with Gasteiger partial charge in [-0.25, -0.2) is 4.39 Å². The Morgan fingerprint density at radius 1 is 0.879 bits per heavy atom. The van der Waals surface area contributed by atoms with Gasteiger partial charge in [0.2, 0.25) is 5.91 Å². The summed E-state index contributed by atoms with van der Waals surface area (Å²) in [6.07, 6.45) is 1.74. The Balaban J connectivity index is 1.25. The van der Waals surface area contributed by atoms with Crippen LogP contribution in [0, 0.1) is 5.82 Å². The Hall–Kier alpha value is -3.71. The van der Waals surface area contributed by atoms with Crippen LogP contribution in [0.3, 0.4) is 0 Å². The van der Waals surface area contributed by atoms with Gasteiger partial charge in [-0.05, 0) is 79.1 Å². The molecule has 1 aliphatic heterocycles. The van der Waals surface area contributed by atoms with Gasteiger partial charge in [0, 0.05) is 36.8 Å². The summed E-state index contributed by atoms with van der Waals surface area (Å²) in [5.74, 6) is 0.343. The zero-order chi connectivity index (χ0) is 23.2. The van der Waals surface area contributed by atoms with E-state index in [1.165, 1.54) is 12.1 Å². The lowest BCUT2D eigenvalue weighted by molar-refractivity contribution is 0.0908.